The minimum absolute atomic E-state index is 0.00825. The van der Waals surface area contributed by atoms with Crippen LogP contribution in [0.25, 0.3) is 0 Å². The average Bonchev–Trinajstić information content (AvgIpc) is 2.45. The molecule has 5 nitrogen and oxygen atoms in total. The van der Waals surface area contributed by atoms with Crippen molar-refractivity contribution in [2.45, 2.75) is 26.7 Å². The normalized spacial score (nSPS) is 16.3. The summed E-state index contributed by atoms with van der Waals surface area (Å²) in [5.41, 5.74) is 0. The molecule has 0 aliphatic carbocycles. The molecule has 0 atom stereocenters. The highest BCUT2D eigenvalue weighted by molar-refractivity contribution is 5.81. The van der Waals surface area contributed by atoms with Gasteiger partial charge in [0.2, 0.25) is 11.8 Å². The lowest BCUT2D eigenvalue weighted by Gasteiger charge is -2.34. The molecular formula is C15H26N2O3. The predicted octanol–water partition coefficient (Wildman–Crippen LogP) is 0.888. The first-order valence-electron chi connectivity index (χ1n) is 7.30. The Bertz CT molecular complexity index is 347. The fraction of sp³-hybridized carbons (Fsp3) is 0.733. The molecule has 20 heavy (non-hydrogen) atoms. The van der Waals surface area contributed by atoms with E-state index >= 15 is 0 Å². The number of hydrogen-bond acceptors (Lipinski definition) is 3. The van der Waals surface area contributed by atoms with Gasteiger partial charge in [-0.25, -0.2) is 0 Å². The molecule has 1 aliphatic heterocycles. The van der Waals surface area contributed by atoms with Gasteiger partial charge in [0.05, 0.1) is 6.61 Å². The molecule has 114 valence electrons. The van der Waals surface area contributed by atoms with Gasteiger partial charge in [0.1, 0.15) is 0 Å². The molecule has 0 unspecified atom stereocenters. The lowest BCUT2D eigenvalue weighted by Crippen LogP contribution is -2.46. The second kappa shape index (κ2) is 8.04. The van der Waals surface area contributed by atoms with E-state index in [0.29, 0.717) is 39.0 Å². The van der Waals surface area contributed by atoms with Crippen LogP contribution in [-0.4, -0.2) is 59.5 Å². The topological polar surface area (TPSA) is 60.9 Å². The van der Waals surface area contributed by atoms with Crippen LogP contribution < -0.4 is 0 Å². The number of likely N-dealkylation sites (tertiary alicyclic amines) is 1. The van der Waals surface area contributed by atoms with E-state index in [0.717, 1.165) is 0 Å². The van der Waals surface area contributed by atoms with Gasteiger partial charge in [0, 0.05) is 38.0 Å². The summed E-state index contributed by atoms with van der Waals surface area (Å²) >= 11 is 0. The number of carbonyl (C=O) groups excluding carboxylic acids is 2. The monoisotopic (exact) mass is 282 g/mol. The number of rotatable bonds is 6. The van der Waals surface area contributed by atoms with Gasteiger partial charge in [-0.3, -0.25) is 9.59 Å². The van der Waals surface area contributed by atoms with E-state index in [1.165, 1.54) is 0 Å². The van der Waals surface area contributed by atoms with Crippen molar-refractivity contribution in [3.05, 3.63) is 12.7 Å². The van der Waals surface area contributed by atoms with Crippen molar-refractivity contribution in [1.29, 1.82) is 0 Å². The Labute approximate surface area is 121 Å². The van der Waals surface area contributed by atoms with Gasteiger partial charge >= 0.3 is 0 Å². The predicted molar refractivity (Wildman–Crippen MR) is 78.0 cm³/mol. The van der Waals surface area contributed by atoms with Crippen LogP contribution in [0.5, 0.6) is 0 Å². The molecule has 0 bridgehead atoms. The van der Waals surface area contributed by atoms with Crippen LogP contribution in [0.15, 0.2) is 12.7 Å². The maximum Gasteiger partial charge on any atom is 0.226 e. The van der Waals surface area contributed by atoms with Crippen molar-refractivity contribution in [3.8, 4) is 0 Å². The smallest absolute Gasteiger partial charge is 0.226 e. The van der Waals surface area contributed by atoms with Crippen molar-refractivity contribution in [1.82, 2.24) is 9.80 Å². The summed E-state index contributed by atoms with van der Waals surface area (Å²) in [4.78, 5) is 27.7. The number of hydrogen-bond donors (Lipinski definition) is 1. The first-order chi connectivity index (χ1) is 9.51. The number of carbonyl (C=O) groups is 2. The van der Waals surface area contributed by atoms with Gasteiger partial charge in [-0.2, -0.15) is 0 Å². The molecule has 1 rings (SSSR count). The fourth-order valence-electron chi connectivity index (χ4n) is 2.54. The van der Waals surface area contributed by atoms with Crippen LogP contribution in [0, 0.1) is 11.8 Å². The summed E-state index contributed by atoms with van der Waals surface area (Å²) in [7, 11) is 0. The van der Waals surface area contributed by atoms with Gasteiger partial charge < -0.3 is 14.9 Å². The average molecular weight is 282 g/mol. The summed E-state index contributed by atoms with van der Waals surface area (Å²) in [6.07, 6.45) is 3.08. The Morgan fingerprint density at radius 2 is 2.00 bits per heavy atom. The van der Waals surface area contributed by atoms with Crippen molar-refractivity contribution in [2.75, 3.05) is 32.8 Å². The molecule has 1 heterocycles. The molecule has 0 saturated carbocycles. The molecule has 0 aromatic carbocycles. The van der Waals surface area contributed by atoms with E-state index in [-0.39, 0.29) is 30.3 Å². The quantitative estimate of drug-likeness (QED) is 0.736. The Morgan fingerprint density at radius 1 is 1.40 bits per heavy atom. The number of piperidine rings is 1. The van der Waals surface area contributed by atoms with Crippen LogP contribution in [0.3, 0.4) is 0 Å². The Kier molecular flexibility index (Phi) is 6.71. The first kappa shape index (κ1) is 16.7. The highest BCUT2D eigenvalue weighted by Crippen LogP contribution is 2.21. The highest BCUT2D eigenvalue weighted by atomic mass is 16.3. The van der Waals surface area contributed by atoms with E-state index in [4.69, 9.17) is 5.11 Å². The third-order valence-electron chi connectivity index (χ3n) is 3.68. The van der Waals surface area contributed by atoms with Crippen LogP contribution in [0.2, 0.25) is 0 Å². The number of aliphatic hydroxyl groups is 1. The SMILES string of the molecule is C=CCN(CCO)C(=O)C1CCN(C(=O)C(C)C)CC1. The zero-order valence-electron chi connectivity index (χ0n) is 12.5. The van der Waals surface area contributed by atoms with E-state index in [1.807, 2.05) is 18.7 Å². The van der Waals surface area contributed by atoms with Crippen molar-refractivity contribution in [3.63, 3.8) is 0 Å². The molecule has 5 heteroatoms. The second-order valence-electron chi connectivity index (χ2n) is 5.55. The maximum atomic E-state index is 12.4. The van der Waals surface area contributed by atoms with Gasteiger partial charge in [-0.1, -0.05) is 19.9 Å². The molecule has 1 aliphatic rings. The largest absolute Gasteiger partial charge is 0.395 e. The molecule has 1 fully saturated rings. The molecule has 2 amide bonds. The van der Waals surface area contributed by atoms with Gasteiger partial charge in [0.15, 0.2) is 0 Å². The number of aliphatic hydroxyl groups excluding tert-OH is 1. The minimum Gasteiger partial charge on any atom is -0.395 e. The van der Waals surface area contributed by atoms with Crippen molar-refractivity contribution >= 4 is 11.8 Å². The number of nitrogens with zero attached hydrogens (tertiary/aromatic N) is 2. The Balaban J connectivity index is 2.53. The molecule has 0 aromatic heterocycles. The zero-order chi connectivity index (χ0) is 15.1. The third kappa shape index (κ3) is 4.34. The van der Waals surface area contributed by atoms with Crippen molar-refractivity contribution < 1.29 is 14.7 Å². The van der Waals surface area contributed by atoms with Crippen LogP contribution in [0.1, 0.15) is 26.7 Å². The minimum atomic E-state index is -0.0438. The Hall–Kier alpha value is -1.36. The molecular weight excluding hydrogens is 256 g/mol. The summed E-state index contributed by atoms with van der Waals surface area (Å²) in [5.74, 6) is 0.191. The van der Waals surface area contributed by atoms with Crippen LogP contribution in [-0.2, 0) is 9.59 Å². The summed E-state index contributed by atoms with van der Waals surface area (Å²) in [6.45, 7) is 9.49. The highest BCUT2D eigenvalue weighted by Gasteiger charge is 2.30. The molecule has 0 spiro atoms. The fourth-order valence-corrected chi connectivity index (χ4v) is 2.54. The molecule has 0 radical (unpaired) electrons. The summed E-state index contributed by atoms with van der Waals surface area (Å²) in [6, 6.07) is 0. The van der Waals surface area contributed by atoms with E-state index in [9.17, 15) is 9.59 Å². The maximum absolute atomic E-state index is 12.4. The van der Waals surface area contributed by atoms with E-state index in [1.54, 1.807) is 11.0 Å². The number of amides is 2. The standard InChI is InChI=1S/C15H26N2O3/c1-4-7-16(10-11-18)15(20)13-5-8-17(9-6-13)14(19)12(2)3/h4,12-13,18H,1,5-11H2,2-3H3. The zero-order valence-corrected chi connectivity index (χ0v) is 12.5. The van der Waals surface area contributed by atoms with E-state index in [2.05, 4.69) is 6.58 Å². The van der Waals surface area contributed by atoms with Gasteiger partial charge in [-0.05, 0) is 12.8 Å². The lowest BCUT2D eigenvalue weighted by atomic mass is 9.94. The van der Waals surface area contributed by atoms with Crippen molar-refractivity contribution in [2.24, 2.45) is 11.8 Å². The van der Waals surface area contributed by atoms with Crippen LogP contribution in [0.4, 0.5) is 0 Å². The van der Waals surface area contributed by atoms with Gasteiger partial charge in [0.25, 0.3) is 0 Å². The third-order valence-corrected chi connectivity index (χ3v) is 3.68. The molecule has 0 aromatic rings. The lowest BCUT2D eigenvalue weighted by molar-refractivity contribution is -0.142. The summed E-state index contributed by atoms with van der Waals surface area (Å²) in [5, 5.41) is 9.01. The van der Waals surface area contributed by atoms with Crippen LogP contribution >= 0.6 is 0 Å². The van der Waals surface area contributed by atoms with E-state index < -0.39 is 0 Å². The second-order valence-corrected chi connectivity index (χ2v) is 5.55. The van der Waals surface area contributed by atoms with Gasteiger partial charge in [-0.15, -0.1) is 6.58 Å². The first-order valence-corrected chi connectivity index (χ1v) is 7.30. The Morgan fingerprint density at radius 3 is 2.45 bits per heavy atom. The molecule has 1 N–H and O–H groups in total. The molecule has 1 saturated heterocycles. The summed E-state index contributed by atoms with van der Waals surface area (Å²) < 4.78 is 0.